The highest BCUT2D eigenvalue weighted by Crippen LogP contribution is 2.50. The van der Waals surface area contributed by atoms with Crippen LogP contribution in [0, 0.1) is 0 Å². The summed E-state index contributed by atoms with van der Waals surface area (Å²) in [7, 11) is 0. The third kappa shape index (κ3) is 2.91. The Labute approximate surface area is 175 Å². The molecule has 2 atom stereocenters. The Kier molecular flexibility index (Phi) is 4.18. The molecule has 5 rings (SSSR count). The van der Waals surface area contributed by atoms with Crippen molar-refractivity contribution < 1.29 is 9.47 Å². The first-order valence-electron chi connectivity index (χ1n) is 9.52. The molecule has 28 heavy (non-hydrogen) atoms. The van der Waals surface area contributed by atoms with E-state index in [4.69, 9.17) is 32.7 Å². The Bertz CT molecular complexity index is 975. The fraction of sp³-hybridized carbons (Fsp3) is 0.364. The van der Waals surface area contributed by atoms with Crippen molar-refractivity contribution in [3.05, 3.63) is 69.7 Å². The lowest BCUT2D eigenvalue weighted by Crippen LogP contribution is -2.64. The van der Waals surface area contributed by atoms with Crippen molar-refractivity contribution in [3.63, 3.8) is 0 Å². The molecule has 0 bridgehead atoms. The van der Waals surface area contributed by atoms with Gasteiger partial charge in [0.25, 0.3) is 0 Å². The molecule has 1 N–H and O–H groups in total. The monoisotopic (exact) mass is 416 g/mol. The van der Waals surface area contributed by atoms with Gasteiger partial charge in [0, 0.05) is 24.0 Å². The van der Waals surface area contributed by atoms with Gasteiger partial charge >= 0.3 is 0 Å². The predicted molar refractivity (Wildman–Crippen MR) is 111 cm³/mol. The van der Waals surface area contributed by atoms with Crippen molar-refractivity contribution in [2.24, 2.45) is 0 Å². The van der Waals surface area contributed by atoms with E-state index in [9.17, 15) is 0 Å². The van der Waals surface area contributed by atoms with Gasteiger partial charge in [0.2, 0.25) is 0 Å². The normalized spacial score (nSPS) is 28.1. The maximum atomic E-state index is 6.64. The molecular formula is C22H22Cl2N2O2. The average molecular weight is 417 g/mol. The number of fused-ring (bicyclic) bond motifs is 4. The number of benzene rings is 2. The van der Waals surface area contributed by atoms with Gasteiger partial charge in [-0.3, -0.25) is 0 Å². The highest BCUT2D eigenvalue weighted by Gasteiger charge is 2.54. The quantitative estimate of drug-likeness (QED) is 0.658. The van der Waals surface area contributed by atoms with Crippen LogP contribution in [-0.4, -0.2) is 22.9 Å². The van der Waals surface area contributed by atoms with Crippen molar-refractivity contribution in [2.45, 2.75) is 44.1 Å². The summed E-state index contributed by atoms with van der Waals surface area (Å²) in [5.74, 6) is 0.940. The molecule has 3 heterocycles. The van der Waals surface area contributed by atoms with Crippen LogP contribution >= 0.6 is 23.2 Å². The second-order valence-electron chi connectivity index (χ2n) is 8.26. The van der Waals surface area contributed by atoms with Gasteiger partial charge in [-0.15, -0.1) is 0 Å². The van der Waals surface area contributed by atoms with E-state index >= 15 is 0 Å². The Hall–Kier alpha value is -1.72. The molecule has 3 aliphatic heterocycles. The number of para-hydroxylation sites is 1. The zero-order valence-corrected chi connectivity index (χ0v) is 17.3. The van der Waals surface area contributed by atoms with E-state index in [0.717, 1.165) is 35.4 Å². The summed E-state index contributed by atoms with van der Waals surface area (Å²) in [6.45, 7) is 4.90. The SMILES string of the molecule is CC1(C)C[C@@]2(CCO1)Oc1ccccc1[C@H]1C=C(c3ccc(Cl)c(Cl)c3)NN12. The third-order valence-electron chi connectivity index (χ3n) is 5.74. The van der Waals surface area contributed by atoms with Crippen molar-refractivity contribution in [3.8, 4) is 5.75 Å². The zero-order chi connectivity index (χ0) is 19.5. The highest BCUT2D eigenvalue weighted by atomic mass is 35.5. The van der Waals surface area contributed by atoms with Crippen molar-refractivity contribution in [2.75, 3.05) is 6.61 Å². The van der Waals surface area contributed by atoms with Crippen LogP contribution in [-0.2, 0) is 4.74 Å². The van der Waals surface area contributed by atoms with E-state index < -0.39 is 5.72 Å². The summed E-state index contributed by atoms with van der Waals surface area (Å²) < 4.78 is 12.6. The molecule has 0 radical (unpaired) electrons. The van der Waals surface area contributed by atoms with Crippen LogP contribution < -0.4 is 10.2 Å². The maximum Gasteiger partial charge on any atom is 0.185 e. The summed E-state index contributed by atoms with van der Waals surface area (Å²) in [6.07, 6.45) is 3.79. The van der Waals surface area contributed by atoms with Crippen LogP contribution in [0.5, 0.6) is 5.75 Å². The molecule has 3 aliphatic rings. The minimum Gasteiger partial charge on any atom is -0.470 e. The minimum atomic E-state index is -0.477. The smallest absolute Gasteiger partial charge is 0.185 e. The van der Waals surface area contributed by atoms with Crippen LogP contribution in [0.15, 0.2) is 48.5 Å². The summed E-state index contributed by atoms with van der Waals surface area (Å²) in [5.41, 5.74) is 6.03. The summed E-state index contributed by atoms with van der Waals surface area (Å²) in [5, 5.41) is 3.35. The minimum absolute atomic E-state index is 0.0725. The number of hydrazine groups is 1. The van der Waals surface area contributed by atoms with Gasteiger partial charge in [0.15, 0.2) is 5.72 Å². The molecule has 146 valence electrons. The number of rotatable bonds is 1. The Morgan fingerprint density at radius 1 is 1.11 bits per heavy atom. The van der Waals surface area contributed by atoms with Crippen molar-refractivity contribution in [1.29, 1.82) is 0 Å². The molecule has 1 spiro atoms. The van der Waals surface area contributed by atoms with E-state index in [-0.39, 0.29) is 11.6 Å². The Morgan fingerprint density at radius 3 is 2.71 bits per heavy atom. The van der Waals surface area contributed by atoms with Crippen molar-refractivity contribution in [1.82, 2.24) is 10.4 Å². The highest BCUT2D eigenvalue weighted by molar-refractivity contribution is 6.42. The van der Waals surface area contributed by atoms with Crippen LogP contribution in [0.2, 0.25) is 10.0 Å². The molecule has 0 saturated carbocycles. The van der Waals surface area contributed by atoms with Gasteiger partial charge in [-0.1, -0.05) is 47.5 Å². The van der Waals surface area contributed by atoms with Gasteiger partial charge in [0.1, 0.15) is 5.75 Å². The predicted octanol–water partition coefficient (Wildman–Crippen LogP) is 5.57. The van der Waals surface area contributed by atoms with E-state index in [1.807, 2.05) is 24.3 Å². The molecule has 2 aromatic carbocycles. The second kappa shape index (κ2) is 6.39. The lowest BCUT2D eigenvalue weighted by atomic mass is 9.87. The summed E-state index contributed by atoms with van der Waals surface area (Å²) >= 11 is 12.4. The summed E-state index contributed by atoms with van der Waals surface area (Å²) in [4.78, 5) is 0. The molecule has 0 amide bonds. The first kappa shape index (κ1) is 18.3. The number of hydrogen-bond acceptors (Lipinski definition) is 4. The van der Waals surface area contributed by atoms with Gasteiger partial charge < -0.3 is 14.9 Å². The van der Waals surface area contributed by atoms with Gasteiger partial charge in [0.05, 0.1) is 34.0 Å². The lowest BCUT2D eigenvalue weighted by Gasteiger charge is -2.53. The van der Waals surface area contributed by atoms with Crippen LogP contribution in [0.25, 0.3) is 5.70 Å². The number of hydrogen-bond donors (Lipinski definition) is 1. The number of halogens is 2. The molecule has 1 fully saturated rings. The van der Waals surface area contributed by atoms with Gasteiger partial charge in [-0.05, 0) is 38.1 Å². The van der Waals surface area contributed by atoms with Gasteiger partial charge in [-0.2, -0.15) is 5.01 Å². The average Bonchev–Trinajstić information content (AvgIpc) is 3.10. The Morgan fingerprint density at radius 2 is 1.93 bits per heavy atom. The van der Waals surface area contributed by atoms with Crippen molar-refractivity contribution >= 4 is 28.9 Å². The van der Waals surface area contributed by atoms with E-state index in [0.29, 0.717) is 16.7 Å². The topological polar surface area (TPSA) is 33.7 Å². The molecule has 0 unspecified atom stereocenters. The van der Waals surface area contributed by atoms with E-state index in [2.05, 4.69) is 48.6 Å². The van der Waals surface area contributed by atoms with E-state index in [1.165, 1.54) is 0 Å². The fourth-order valence-electron chi connectivity index (χ4n) is 4.53. The molecular weight excluding hydrogens is 395 g/mol. The molecule has 2 aromatic rings. The first-order valence-corrected chi connectivity index (χ1v) is 10.3. The van der Waals surface area contributed by atoms with Crippen LogP contribution in [0.1, 0.15) is 43.9 Å². The van der Waals surface area contributed by atoms with Gasteiger partial charge in [-0.25, -0.2) is 0 Å². The molecule has 6 heteroatoms. The lowest BCUT2D eigenvalue weighted by molar-refractivity contribution is -0.218. The Balaban J connectivity index is 1.59. The second-order valence-corrected chi connectivity index (χ2v) is 9.07. The number of nitrogens with one attached hydrogen (secondary N) is 1. The third-order valence-corrected chi connectivity index (χ3v) is 6.48. The van der Waals surface area contributed by atoms with E-state index in [1.54, 1.807) is 0 Å². The maximum absolute atomic E-state index is 6.64. The summed E-state index contributed by atoms with van der Waals surface area (Å²) in [6, 6.07) is 14.0. The molecule has 1 saturated heterocycles. The van der Waals surface area contributed by atoms with Crippen LogP contribution in [0.3, 0.4) is 0 Å². The largest absolute Gasteiger partial charge is 0.470 e. The molecule has 0 aliphatic carbocycles. The molecule has 4 nitrogen and oxygen atoms in total. The first-order chi connectivity index (χ1) is 13.4. The number of ether oxygens (including phenoxy) is 2. The van der Waals surface area contributed by atoms with Crippen LogP contribution in [0.4, 0.5) is 0 Å². The zero-order valence-electron chi connectivity index (χ0n) is 15.8. The molecule has 0 aromatic heterocycles. The fourth-order valence-corrected chi connectivity index (χ4v) is 4.83. The standard InChI is InChI=1S/C22H22Cl2N2O2/c1-21(2)13-22(9-10-27-21)26-19(15-5-3-4-6-20(15)28-22)12-18(25-26)14-7-8-16(23)17(24)11-14/h3-8,11-12,19,25H,9-10,13H2,1-2H3/t19-,22-/m1/s1. The number of nitrogens with zero attached hydrogens (tertiary/aromatic N) is 1.